The zero-order chi connectivity index (χ0) is 16.0. The maximum atomic E-state index is 12.3. The predicted octanol–water partition coefficient (Wildman–Crippen LogP) is 0.116. The van der Waals surface area contributed by atoms with E-state index in [9.17, 15) is 18.0 Å². The molecular formula is C13H24N2O5S. The minimum atomic E-state index is -3.44. The molecule has 2 atom stereocenters. The number of esters is 1. The Labute approximate surface area is 126 Å². The van der Waals surface area contributed by atoms with Crippen molar-refractivity contribution in [2.24, 2.45) is 5.92 Å². The van der Waals surface area contributed by atoms with Gasteiger partial charge in [0, 0.05) is 13.1 Å². The van der Waals surface area contributed by atoms with Gasteiger partial charge >= 0.3 is 5.97 Å². The smallest absolute Gasteiger partial charge is 0.310 e. The van der Waals surface area contributed by atoms with Gasteiger partial charge in [0.05, 0.1) is 24.8 Å². The molecule has 0 aromatic carbocycles. The molecule has 0 radical (unpaired) electrons. The van der Waals surface area contributed by atoms with Gasteiger partial charge in [-0.1, -0.05) is 6.92 Å². The summed E-state index contributed by atoms with van der Waals surface area (Å²) in [7, 11) is -2.11. The van der Waals surface area contributed by atoms with Crippen LogP contribution in [0.2, 0.25) is 0 Å². The monoisotopic (exact) mass is 320 g/mol. The first-order chi connectivity index (χ1) is 9.80. The number of methoxy groups -OCH3 is 1. The first-order valence-corrected chi connectivity index (χ1v) is 8.82. The second kappa shape index (κ2) is 7.74. The molecule has 1 aliphatic heterocycles. The molecule has 1 heterocycles. The van der Waals surface area contributed by atoms with Crippen molar-refractivity contribution in [2.75, 3.05) is 26.0 Å². The summed E-state index contributed by atoms with van der Waals surface area (Å²) < 4.78 is 30.5. The number of hydrogen-bond acceptors (Lipinski definition) is 5. The Kier molecular flexibility index (Phi) is 6.60. The van der Waals surface area contributed by atoms with Gasteiger partial charge in [0.1, 0.15) is 0 Å². The van der Waals surface area contributed by atoms with E-state index in [1.165, 1.54) is 18.9 Å². The molecule has 1 aliphatic rings. The summed E-state index contributed by atoms with van der Waals surface area (Å²) in [5.41, 5.74) is 0. The number of ether oxygens (including phenoxy) is 1. The van der Waals surface area contributed by atoms with Crippen LogP contribution in [0.15, 0.2) is 0 Å². The molecule has 1 rings (SSSR count). The highest BCUT2D eigenvalue weighted by Crippen LogP contribution is 2.18. The van der Waals surface area contributed by atoms with Gasteiger partial charge in [0.25, 0.3) is 0 Å². The molecule has 0 aromatic rings. The average molecular weight is 320 g/mol. The Morgan fingerprint density at radius 2 is 2.10 bits per heavy atom. The number of amides is 1. The van der Waals surface area contributed by atoms with Crippen LogP contribution in [0.4, 0.5) is 0 Å². The molecule has 0 bridgehead atoms. The Morgan fingerprint density at radius 1 is 1.43 bits per heavy atom. The lowest BCUT2D eigenvalue weighted by atomic mass is 9.98. The van der Waals surface area contributed by atoms with Crippen LogP contribution >= 0.6 is 0 Å². The largest absolute Gasteiger partial charge is 0.469 e. The molecule has 1 amide bonds. The van der Waals surface area contributed by atoms with Gasteiger partial charge in [-0.25, -0.2) is 13.1 Å². The molecule has 0 spiro atoms. The summed E-state index contributed by atoms with van der Waals surface area (Å²) in [4.78, 5) is 25.4. The number of nitrogens with one attached hydrogen (secondary N) is 1. The fraction of sp³-hybridized carbons (Fsp3) is 0.846. The number of piperidine rings is 1. The molecule has 0 aliphatic carbocycles. The van der Waals surface area contributed by atoms with Crippen LogP contribution in [0.5, 0.6) is 0 Å². The van der Waals surface area contributed by atoms with Crippen LogP contribution in [0.3, 0.4) is 0 Å². The quantitative estimate of drug-likeness (QED) is 0.702. The summed E-state index contributed by atoms with van der Waals surface area (Å²) in [6.45, 7) is 4.10. The first kappa shape index (κ1) is 17.9. The highest BCUT2D eigenvalue weighted by atomic mass is 32.2. The van der Waals surface area contributed by atoms with Gasteiger partial charge in [-0.15, -0.1) is 0 Å². The third kappa shape index (κ3) is 5.28. The topological polar surface area (TPSA) is 92.8 Å². The number of likely N-dealkylation sites (tertiary alicyclic amines) is 1. The third-order valence-corrected chi connectivity index (χ3v) is 5.13. The number of rotatable bonds is 6. The van der Waals surface area contributed by atoms with Gasteiger partial charge in [0.2, 0.25) is 15.9 Å². The second-order valence-electron chi connectivity index (χ2n) is 5.30. The van der Waals surface area contributed by atoms with E-state index in [1.54, 1.807) is 6.92 Å². The Hall–Kier alpha value is -1.15. The summed E-state index contributed by atoms with van der Waals surface area (Å²) in [6.07, 6.45) is 1.89. The number of carbonyl (C=O) groups is 2. The van der Waals surface area contributed by atoms with Gasteiger partial charge in [-0.3, -0.25) is 9.59 Å². The molecule has 1 unspecified atom stereocenters. The molecule has 0 saturated carbocycles. The highest BCUT2D eigenvalue weighted by Gasteiger charge is 2.31. The minimum Gasteiger partial charge on any atom is -0.469 e. The Bertz CT molecular complexity index is 477. The molecule has 0 aromatic heterocycles. The van der Waals surface area contributed by atoms with Crippen molar-refractivity contribution in [1.82, 2.24) is 9.62 Å². The van der Waals surface area contributed by atoms with E-state index in [2.05, 4.69) is 4.72 Å². The van der Waals surface area contributed by atoms with Crippen molar-refractivity contribution in [1.29, 1.82) is 0 Å². The number of nitrogens with zero attached hydrogens (tertiary/aromatic N) is 1. The third-order valence-electron chi connectivity index (χ3n) is 3.47. The van der Waals surface area contributed by atoms with E-state index in [0.29, 0.717) is 25.8 Å². The fourth-order valence-electron chi connectivity index (χ4n) is 2.46. The van der Waals surface area contributed by atoms with Gasteiger partial charge in [-0.05, 0) is 26.2 Å². The zero-order valence-corrected chi connectivity index (χ0v) is 13.6. The van der Waals surface area contributed by atoms with Crippen molar-refractivity contribution < 1.29 is 22.7 Å². The summed E-state index contributed by atoms with van der Waals surface area (Å²) in [5, 5.41) is 0. The zero-order valence-electron chi connectivity index (χ0n) is 12.8. The van der Waals surface area contributed by atoms with Gasteiger partial charge in [-0.2, -0.15) is 0 Å². The summed E-state index contributed by atoms with van der Waals surface area (Å²) >= 11 is 0. The second-order valence-corrected chi connectivity index (χ2v) is 7.18. The molecule has 1 fully saturated rings. The van der Waals surface area contributed by atoms with Crippen LogP contribution in [0, 0.1) is 5.92 Å². The Morgan fingerprint density at radius 3 is 2.67 bits per heavy atom. The van der Waals surface area contributed by atoms with Crippen molar-refractivity contribution in [3.8, 4) is 0 Å². The van der Waals surface area contributed by atoms with Crippen molar-refractivity contribution >= 4 is 21.9 Å². The van der Waals surface area contributed by atoms with E-state index >= 15 is 0 Å². The molecule has 7 nitrogen and oxygen atoms in total. The average Bonchev–Trinajstić information content (AvgIpc) is 2.45. The van der Waals surface area contributed by atoms with Crippen molar-refractivity contribution in [3.63, 3.8) is 0 Å². The van der Waals surface area contributed by atoms with Crippen LogP contribution in [-0.4, -0.2) is 57.2 Å². The standard InChI is InChI=1S/C13H24N2O5S/c1-4-8-21(18,19)14-10(2)12(16)15-7-5-6-11(9-15)13(17)20-3/h10-11,14H,4-9H2,1-3H3/t10?,11-/m0/s1. The summed E-state index contributed by atoms with van der Waals surface area (Å²) in [6, 6.07) is -0.821. The minimum absolute atomic E-state index is 0.00456. The molecule has 122 valence electrons. The molecule has 21 heavy (non-hydrogen) atoms. The fourth-order valence-corrected chi connectivity index (χ4v) is 3.75. The van der Waals surface area contributed by atoms with Crippen LogP contribution < -0.4 is 4.72 Å². The lowest BCUT2D eigenvalue weighted by Crippen LogP contribution is -2.51. The van der Waals surface area contributed by atoms with Gasteiger partial charge < -0.3 is 9.64 Å². The van der Waals surface area contributed by atoms with Crippen molar-refractivity contribution in [3.05, 3.63) is 0 Å². The first-order valence-electron chi connectivity index (χ1n) is 7.17. The maximum Gasteiger partial charge on any atom is 0.310 e. The molecule has 1 N–H and O–H groups in total. The summed E-state index contributed by atoms with van der Waals surface area (Å²) in [5.74, 6) is -0.961. The number of hydrogen-bond donors (Lipinski definition) is 1. The number of sulfonamides is 1. The van der Waals surface area contributed by atoms with E-state index in [4.69, 9.17) is 4.74 Å². The van der Waals surface area contributed by atoms with E-state index in [0.717, 1.165) is 0 Å². The molecule has 8 heteroatoms. The SMILES string of the molecule is CCCS(=O)(=O)NC(C)C(=O)N1CCC[C@H](C(=O)OC)C1. The maximum absolute atomic E-state index is 12.3. The molecule has 1 saturated heterocycles. The predicted molar refractivity (Wildman–Crippen MR) is 78.0 cm³/mol. The van der Waals surface area contributed by atoms with Crippen LogP contribution in [0.25, 0.3) is 0 Å². The van der Waals surface area contributed by atoms with E-state index < -0.39 is 16.1 Å². The lowest BCUT2D eigenvalue weighted by Gasteiger charge is -2.33. The van der Waals surface area contributed by atoms with E-state index in [-0.39, 0.29) is 30.1 Å². The highest BCUT2D eigenvalue weighted by molar-refractivity contribution is 7.89. The Balaban J connectivity index is 2.63. The number of carbonyl (C=O) groups excluding carboxylic acids is 2. The van der Waals surface area contributed by atoms with E-state index in [1.807, 2.05) is 0 Å². The van der Waals surface area contributed by atoms with Gasteiger partial charge in [0.15, 0.2) is 0 Å². The normalized spacial score (nSPS) is 20.9. The molecular weight excluding hydrogens is 296 g/mol. The van der Waals surface area contributed by atoms with Crippen LogP contribution in [0.1, 0.15) is 33.1 Å². The van der Waals surface area contributed by atoms with Crippen LogP contribution in [-0.2, 0) is 24.3 Å². The lowest BCUT2D eigenvalue weighted by molar-refractivity contribution is -0.149. The van der Waals surface area contributed by atoms with Crippen molar-refractivity contribution in [2.45, 2.75) is 39.2 Å².